The van der Waals surface area contributed by atoms with Gasteiger partial charge in [0.15, 0.2) is 0 Å². The number of aldehydes is 1. The van der Waals surface area contributed by atoms with Gasteiger partial charge in [-0.2, -0.15) is 0 Å². The molecule has 10 heavy (non-hydrogen) atoms. The van der Waals surface area contributed by atoms with Gasteiger partial charge in [0.2, 0.25) is 0 Å². The highest BCUT2D eigenvalue weighted by molar-refractivity contribution is 5.73. The van der Waals surface area contributed by atoms with Crippen LogP contribution in [-0.2, 0) is 9.53 Å². The number of hydrogen-bond acceptors (Lipinski definition) is 3. The van der Waals surface area contributed by atoms with Crippen molar-refractivity contribution in [3.05, 3.63) is 11.8 Å². The van der Waals surface area contributed by atoms with Gasteiger partial charge in [-0.15, -0.1) is 0 Å². The SMILES string of the molecule is COCC(C=O)=CN(C)C. The molecule has 3 heteroatoms. The number of nitrogens with zero attached hydrogens (tertiary/aromatic N) is 1. The minimum absolute atomic E-state index is 0.377. The van der Waals surface area contributed by atoms with Crippen LogP contribution in [0.4, 0.5) is 0 Å². The first-order valence-electron chi connectivity index (χ1n) is 3.02. The second-order valence-electron chi connectivity index (χ2n) is 2.22. The lowest BCUT2D eigenvalue weighted by molar-refractivity contribution is -0.105. The van der Waals surface area contributed by atoms with Crippen LogP contribution in [-0.4, -0.2) is 39.0 Å². The Kier molecular flexibility index (Phi) is 4.58. The predicted molar refractivity (Wildman–Crippen MR) is 39.7 cm³/mol. The highest BCUT2D eigenvalue weighted by atomic mass is 16.5. The molecule has 0 saturated carbocycles. The maximum atomic E-state index is 10.3. The lowest BCUT2D eigenvalue weighted by atomic mass is 10.3. The Labute approximate surface area is 61.3 Å². The van der Waals surface area contributed by atoms with Crippen LogP contribution in [0.5, 0.6) is 0 Å². The molecule has 0 spiro atoms. The fourth-order valence-electron chi connectivity index (χ4n) is 0.600. The molecule has 0 amide bonds. The summed E-state index contributed by atoms with van der Waals surface area (Å²) >= 11 is 0. The zero-order chi connectivity index (χ0) is 7.98. The van der Waals surface area contributed by atoms with Crippen LogP contribution in [0.2, 0.25) is 0 Å². The molecule has 0 radical (unpaired) electrons. The lowest BCUT2D eigenvalue weighted by Crippen LogP contribution is -2.06. The molecule has 0 aromatic rings. The maximum Gasteiger partial charge on any atom is 0.149 e. The molecule has 0 atom stereocenters. The fourth-order valence-corrected chi connectivity index (χ4v) is 0.600. The third kappa shape index (κ3) is 4.09. The van der Waals surface area contributed by atoms with Crippen molar-refractivity contribution in [3.8, 4) is 0 Å². The lowest BCUT2D eigenvalue weighted by Gasteiger charge is -2.05. The summed E-state index contributed by atoms with van der Waals surface area (Å²) in [4.78, 5) is 12.1. The standard InChI is InChI=1S/C7H13NO2/c1-8(2)4-7(5-9)6-10-3/h4-5H,6H2,1-3H3. The Morgan fingerprint density at radius 2 is 2.20 bits per heavy atom. The summed E-state index contributed by atoms with van der Waals surface area (Å²) in [5.74, 6) is 0. The van der Waals surface area contributed by atoms with Gasteiger partial charge in [0.05, 0.1) is 6.61 Å². The molecule has 0 aromatic heterocycles. The van der Waals surface area contributed by atoms with Gasteiger partial charge in [0.1, 0.15) is 6.29 Å². The van der Waals surface area contributed by atoms with E-state index in [9.17, 15) is 4.79 Å². The Bertz CT molecular complexity index is 130. The molecule has 0 saturated heterocycles. The van der Waals surface area contributed by atoms with E-state index >= 15 is 0 Å². The summed E-state index contributed by atoms with van der Waals surface area (Å²) in [5.41, 5.74) is 0.646. The van der Waals surface area contributed by atoms with Gasteiger partial charge in [-0.25, -0.2) is 0 Å². The van der Waals surface area contributed by atoms with E-state index in [4.69, 9.17) is 4.74 Å². The molecule has 0 aliphatic carbocycles. The van der Waals surface area contributed by atoms with E-state index in [1.807, 2.05) is 19.0 Å². The summed E-state index contributed by atoms with van der Waals surface area (Å²) in [6.45, 7) is 0.377. The van der Waals surface area contributed by atoms with Gasteiger partial charge in [-0.05, 0) is 0 Å². The second-order valence-corrected chi connectivity index (χ2v) is 2.22. The minimum atomic E-state index is 0.377. The van der Waals surface area contributed by atoms with E-state index in [1.54, 1.807) is 13.3 Å². The highest BCUT2D eigenvalue weighted by Gasteiger charge is 1.92. The Hall–Kier alpha value is -0.830. The Morgan fingerprint density at radius 1 is 1.60 bits per heavy atom. The number of rotatable bonds is 4. The molecule has 0 bridgehead atoms. The van der Waals surface area contributed by atoms with Crippen molar-refractivity contribution in [2.45, 2.75) is 0 Å². The summed E-state index contributed by atoms with van der Waals surface area (Å²) < 4.78 is 4.77. The van der Waals surface area contributed by atoms with Crippen molar-refractivity contribution in [2.75, 3.05) is 27.8 Å². The normalized spacial score (nSPS) is 11.3. The largest absolute Gasteiger partial charge is 0.383 e. The molecule has 58 valence electrons. The summed E-state index contributed by atoms with van der Waals surface area (Å²) in [6, 6.07) is 0. The monoisotopic (exact) mass is 143 g/mol. The number of hydrogen-bond donors (Lipinski definition) is 0. The smallest absolute Gasteiger partial charge is 0.149 e. The predicted octanol–water partition coefficient (Wildman–Crippen LogP) is 0.277. The number of carbonyl (C=O) groups is 1. The van der Waals surface area contributed by atoms with E-state index in [-0.39, 0.29) is 0 Å². The topological polar surface area (TPSA) is 29.5 Å². The summed E-state index contributed by atoms with van der Waals surface area (Å²) in [6.07, 6.45) is 2.53. The van der Waals surface area contributed by atoms with Gasteiger partial charge in [0, 0.05) is 33.0 Å². The molecule has 0 aromatic carbocycles. The van der Waals surface area contributed by atoms with Crippen LogP contribution >= 0.6 is 0 Å². The van der Waals surface area contributed by atoms with Gasteiger partial charge in [-0.1, -0.05) is 0 Å². The summed E-state index contributed by atoms with van der Waals surface area (Å²) in [5, 5.41) is 0. The first kappa shape index (κ1) is 9.17. The zero-order valence-corrected chi connectivity index (χ0v) is 6.63. The van der Waals surface area contributed by atoms with Crippen molar-refractivity contribution < 1.29 is 9.53 Å². The van der Waals surface area contributed by atoms with E-state index in [2.05, 4.69) is 0 Å². The highest BCUT2D eigenvalue weighted by Crippen LogP contribution is 1.90. The average Bonchev–Trinajstić information content (AvgIpc) is 1.86. The van der Waals surface area contributed by atoms with E-state index < -0.39 is 0 Å². The minimum Gasteiger partial charge on any atom is -0.383 e. The third-order valence-corrected chi connectivity index (χ3v) is 0.886. The molecular weight excluding hydrogens is 130 g/mol. The van der Waals surface area contributed by atoms with Crippen molar-refractivity contribution in [2.24, 2.45) is 0 Å². The van der Waals surface area contributed by atoms with Crippen LogP contribution < -0.4 is 0 Å². The van der Waals surface area contributed by atoms with E-state index in [1.165, 1.54) is 0 Å². The molecular formula is C7H13NO2. The Balaban J connectivity index is 3.90. The number of ether oxygens (including phenoxy) is 1. The second kappa shape index (κ2) is 4.99. The van der Waals surface area contributed by atoms with E-state index in [0.29, 0.717) is 12.2 Å². The third-order valence-electron chi connectivity index (χ3n) is 0.886. The van der Waals surface area contributed by atoms with Crippen LogP contribution in [0.15, 0.2) is 11.8 Å². The van der Waals surface area contributed by atoms with Crippen LogP contribution in [0, 0.1) is 0 Å². The van der Waals surface area contributed by atoms with Crippen LogP contribution in [0.25, 0.3) is 0 Å². The van der Waals surface area contributed by atoms with Gasteiger partial charge < -0.3 is 9.64 Å². The fraction of sp³-hybridized carbons (Fsp3) is 0.571. The van der Waals surface area contributed by atoms with Gasteiger partial charge in [0.25, 0.3) is 0 Å². The molecule has 0 fully saturated rings. The molecule has 0 aliphatic heterocycles. The molecule has 3 nitrogen and oxygen atoms in total. The first-order valence-corrected chi connectivity index (χ1v) is 3.02. The average molecular weight is 143 g/mol. The maximum absolute atomic E-state index is 10.3. The van der Waals surface area contributed by atoms with E-state index in [0.717, 1.165) is 6.29 Å². The van der Waals surface area contributed by atoms with Crippen molar-refractivity contribution >= 4 is 6.29 Å². The summed E-state index contributed by atoms with van der Waals surface area (Å²) in [7, 11) is 5.28. The molecule has 0 N–H and O–H groups in total. The zero-order valence-electron chi connectivity index (χ0n) is 6.63. The van der Waals surface area contributed by atoms with Gasteiger partial charge in [-0.3, -0.25) is 4.79 Å². The number of methoxy groups -OCH3 is 1. The molecule has 0 aliphatic rings. The van der Waals surface area contributed by atoms with Crippen molar-refractivity contribution in [1.82, 2.24) is 4.90 Å². The van der Waals surface area contributed by atoms with Crippen LogP contribution in [0.1, 0.15) is 0 Å². The molecule has 0 unspecified atom stereocenters. The Morgan fingerprint density at radius 3 is 2.50 bits per heavy atom. The quantitative estimate of drug-likeness (QED) is 0.418. The molecule has 0 rings (SSSR count). The first-order chi connectivity index (χ1) is 4.70. The van der Waals surface area contributed by atoms with Crippen molar-refractivity contribution in [1.29, 1.82) is 0 Å². The van der Waals surface area contributed by atoms with Crippen molar-refractivity contribution in [3.63, 3.8) is 0 Å². The number of carbonyl (C=O) groups excluding carboxylic acids is 1. The van der Waals surface area contributed by atoms with Crippen LogP contribution in [0.3, 0.4) is 0 Å². The van der Waals surface area contributed by atoms with Gasteiger partial charge >= 0.3 is 0 Å². The molecule has 0 heterocycles.